The monoisotopic (exact) mass is 234 g/mol. The van der Waals surface area contributed by atoms with Gasteiger partial charge >= 0.3 is 0 Å². The number of hydrogen-bond donors (Lipinski definition) is 1. The summed E-state index contributed by atoms with van der Waals surface area (Å²) in [5, 5.41) is 0. The Labute approximate surface area is 104 Å². The Morgan fingerprint density at radius 2 is 2.00 bits per heavy atom. The van der Waals surface area contributed by atoms with Crippen LogP contribution in [0.5, 0.6) is 0 Å². The third-order valence-electron chi connectivity index (χ3n) is 3.27. The van der Waals surface area contributed by atoms with Crippen molar-refractivity contribution < 1.29 is 4.74 Å². The number of hydrogen-bond acceptors (Lipinski definition) is 3. The van der Waals surface area contributed by atoms with Gasteiger partial charge in [0.25, 0.3) is 0 Å². The zero-order chi connectivity index (χ0) is 12.3. The number of nitrogens with two attached hydrogens (primary N) is 1. The van der Waals surface area contributed by atoms with Crippen molar-refractivity contribution in [2.75, 3.05) is 25.2 Å². The fraction of sp³-hybridized carbons (Fsp3) is 0.571. The zero-order valence-electron chi connectivity index (χ0n) is 10.7. The molecule has 0 bridgehead atoms. The molecule has 1 aliphatic carbocycles. The van der Waals surface area contributed by atoms with E-state index in [9.17, 15) is 0 Å². The van der Waals surface area contributed by atoms with Crippen LogP contribution in [0.3, 0.4) is 0 Å². The maximum absolute atomic E-state index is 5.86. The second kappa shape index (κ2) is 5.52. The number of benzene rings is 1. The minimum Gasteiger partial charge on any atom is -0.383 e. The molecule has 3 nitrogen and oxygen atoms in total. The highest BCUT2D eigenvalue weighted by molar-refractivity contribution is 5.50. The van der Waals surface area contributed by atoms with Crippen LogP contribution in [0.1, 0.15) is 31.4 Å². The first-order chi connectivity index (χ1) is 8.22. The predicted molar refractivity (Wildman–Crippen MR) is 71.3 cm³/mol. The van der Waals surface area contributed by atoms with Gasteiger partial charge in [-0.3, -0.25) is 0 Å². The van der Waals surface area contributed by atoms with E-state index in [1.165, 1.54) is 24.1 Å². The van der Waals surface area contributed by atoms with Gasteiger partial charge in [-0.15, -0.1) is 0 Å². The van der Waals surface area contributed by atoms with Crippen LogP contribution in [0.15, 0.2) is 24.3 Å². The van der Waals surface area contributed by atoms with Crippen molar-refractivity contribution in [1.29, 1.82) is 0 Å². The summed E-state index contributed by atoms with van der Waals surface area (Å²) >= 11 is 0. The summed E-state index contributed by atoms with van der Waals surface area (Å²) in [6.45, 7) is 3.77. The SMILES string of the molecule is COCCN(c1ccc([C@H](C)N)cc1)C1CC1. The number of ether oxygens (including phenoxy) is 1. The summed E-state index contributed by atoms with van der Waals surface area (Å²) in [7, 11) is 1.75. The first kappa shape index (κ1) is 12.4. The maximum Gasteiger partial charge on any atom is 0.0637 e. The van der Waals surface area contributed by atoms with Gasteiger partial charge in [0.15, 0.2) is 0 Å². The van der Waals surface area contributed by atoms with Crippen LogP contribution in [0.25, 0.3) is 0 Å². The summed E-state index contributed by atoms with van der Waals surface area (Å²) in [5.74, 6) is 0. The minimum absolute atomic E-state index is 0.109. The van der Waals surface area contributed by atoms with Crippen LogP contribution in [0.4, 0.5) is 5.69 Å². The third-order valence-corrected chi connectivity index (χ3v) is 3.27. The maximum atomic E-state index is 5.86. The summed E-state index contributed by atoms with van der Waals surface area (Å²) in [6, 6.07) is 9.42. The Balaban J connectivity index is 2.07. The van der Waals surface area contributed by atoms with Gasteiger partial charge in [0.05, 0.1) is 6.61 Å². The second-order valence-electron chi connectivity index (χ2n) is 4.80. The van der Waals surface area contributed by atoms with E-state index in [1.54, 1.807) is 7.11 Å². The van der Waals surface area contributed by atoms with E-state index in [4.69, 9.17) is 10.5 Å². The Kier molecular flexibility index (Phi) is 4.02. The fourth-order valence-electron chi connectivity index (χ4n) is 2.07. The molecule has 0 aromatic heterocycles. The molecule has 1 atom stereocenters. The van der Waals surface area contributed by atoms with Crippen LogP contribution >= 0.6 is 0 Å². The molecule has 0 spiro atoms. The van der Waals surface area contributed by atoms with Gasteiger partial charge in [-0.25, -0.2) is 0 Å². The van der Waals surface area contributed by atoms with E-state index in [1.807, 2.05) is 6.92 Å². The average molecular weight is 234 g/mol. The largest absolute Gasteiger partial charge is 0.383 e. The molecule has 3 heteroatoms. The Morgan fingerprint density at radius 3 is 2.47 bits per heavy atom. The summed E-state index contributed by atoms with van der Waals surface area (Å²) in [6.07, 6.45) is 2.61. The molecular weight excluding hydrogens is 212 g/mol. The lowest BCUT2D eigenvalue weighted by atomic mass is 10.1. The smallest absolute Gasteiger partial charge is 0.0637 e. The highest BCUT2D eigenvalue weighted by Gasteiger charge is 2.28. The number of rotatable bonds is 6. The summed E-state index contributed by atoms with van der Waals surface area (Å²) in [4.78, 5) is 2.44. The molecule has 0 saturated heterocycles. The topological polar surface area (TPSA) is 38.5 Å². The van der Waals surface area contributed by atoms with E-state index in [0.29, 0.717) is 6.04 Å². The lowest BCUT2D eigenvalue weighted by molar-refractivity contribution is 0.205. The van der Waals surface area contributed by atoms with E-state index in [0.717, 1.165) is 13.2 Å². The van der Waals surface area contributed by atoms with E-state index in [2.05, 4.69) is 29.2 Å². The first-order valence-electron chi connectivity index (χ1n) is 6.33. The number of methoxy groups -OCH3 is 1. The zero-order valence-corrected chi connectivity index (χ0v) is 10.7. The van der Waals surface area contributed by atoms with Crippen molar-refractivity contribution in [2.45, 2.75) is 31.8 Å². The van der Waals surface area contributed by atoms with Crippen molar-refractivity contribution in [3.8, 4) is 0 Å². The quantitative estimate of drug-likeness (QED) is 0.821. The van der Waals surface area contributed by atoms with Gasteiger partial charge in [0.1, 0.15) is 0 Å². The lowest BCUT2D eigenvalue weighted by Crippen LogP contribution is -2.29. The molecular formula is C14H22N2O. The van der Waals surface area contributed by atoms with E-state index in [-0.39, 0.29) is 6.04 Å². The molecule has 2 N–H and O–H groups in total. The number of nitrogens with zero attached hydrogens (tertiary/aromatic N) is 1. The molecule has 1 aromatic rings. The average Bonchev–Trinajstić information content (AvgIpc) is 3.14. The minimum atomic E-state index is 0.109. The van der Waals surface area contributed by atoms with Crippen molar-refractivity contribution in [3.05, 3.63) is 29.8 Å². The molecule has 2 rings (SSSR count). The molecule has 1 aliphatic rings. The lowest BCUT2D eigenvalue weighted by Gasteiger charge is -2.24. The Bertz CT molecular complexity index is 344. The Hall–Kier alpha value is -1.06. The predicted octanol–water partition coefficient (Wildman–Crippen LogP) is 2.32. The highest BCUT2D eigenvalue weighted by Crippen LogP contribution is 2.31. The second-order valence-corrected chi connectivity index (χ2v) is 4.80. The van der Waals surface area contributed by atoms with Gasteiger partial charge in [0, 0.05) is 31.4 Å². The van der Waals surface area contributed by atoms with Crippen LogP contribution in [-0.4, -0.2) is 26.3 Å². The molecule has 94 valence electrons. The van der Waals surface area contributed by atoms with Gasteiger partial charge < -0.3 is 15.4 Å². The standard InChI is InChI=1S/C14H22N2O/c1-11(15)12-3-5-13(6-4-12)16(9-10-17-2)14-7-8-14/h3-6,11,14H,7-10,15H2,1-2H3/t11-/m0/s1. The molecule has 17 heavy (non-hydrogen) atoms. The van der Waals surface area contributed by atoms with Crippen LogP contribution in [0.2, 0.25) is 0 Å². The molecule has 0 amide bonds. The van der Waals surface area contributed by atoms with Crippen LogP contribution in [0, 0.1) is 0 Å². The number of anilines is 1. The normalized spacial score (nSPS) is 16.9. The van der Waals surface area contributed by atoms with Crippen molar-refractivity contribution in [2.24, 2.45) is 5.73 Å². The molecule has 0 unspecified atom stereocenters. The molecule has 0 radical (unpaired) electrons. The van der Waals surface area contributed by atoms with Gasteiger partial charge in [0.2, 0.25) is 0 Å². The molecule has 1 fully saturated rings. The van der Waals surface area contributed by atoms with Crippen LogP contribution < -0.4 is 10.6 Å². The van der Waals surface area contributed by atoms with Gasteiger partial charge in [-0.05, 0) is 37.5 Å². The van der Waals surface area contributed by atoms with Crippen molar-refractivity contribution in [1.82, 2.24) is 0 Å². The highest BCUT2D eigenvalue weighted by atomic mass is 16.5. The van der Waals surface area contributed by atoms with Gasteiger partial charge in [-0.2, -0.15) is 0 Å². The first-order valence-corrected chi connectivity index (χ1v) is 6.33. The summed E-state index contributed by atoms with van der Waals surface area (Å²) in [5.41, 5.74) is 8.34. The molecule has 1 aromatic carbocycles. The van der Waals surface area contributed by atoms with Crippen molar-refractivity contribution >= 4 is 5.69 Å². The summed E-state index contributed by atoms with van der Waals surface area (Å²) < 4.78 is 5.17. The van der Waals surface area contributed by atoms with E-state index >= 15 is 0 Å². The van der Waals surface area contributed by atoms with Gasteiger partial charge in [-0.1, -0.05) is 12.1 Å². The third kappa shape index (κ3) is 3.20. The van der Waals surface area contributed by atoms with Crippen molar-refractivity contribution in [3.63, 3.8) is 0 Å². The molecule has 0 aliphatic heterocycles. The fourth-order valence-corrected chi connectivity index (χ4v) is 2.07. The van der Waals surface area contributed by atoms with E-state index < -0.39 is 0 Å². The molecule has 1 saturated carbocycles. The Morgan fingerprint density at radius 1 is 1.35 bits per heavy atom. The van der Waals surface area contributed by atoms with Crippen LogP contribution in [-0.2, 0) is 4.74 Å². The molecule has 0 heterocycles.